The first-order chi connectivity index (χ1) is 7.15. The third kappa shape index (κ3) is 1.84. The van der Waals surface area contributed by atoms with Crippen LogP contribution in [0.4, 0.5) is 4.39 Å². The van der Waals surface area contributed by atoms with Gasteiger partial charge in [-0.05, 0) is 18.6 Å². The van der Waals surface area contributed by atoms with Crippen molar-refractivity contribution in [2.45, 2.75) is 12.3 Å². The summed E-state index contributed by atoms with van der Waals surface area (Å²) in [7, 11) is 1.58. The summed E-state index contributed by atoms with van der Waals surface area (Å²) in [5.74, 6) is -0.540. The topological polar surface area (TPSA) is 29.1 Å². The molecule has 1 aliphatic rings. The minimum Gasteiger partial charge on any atom is -0.359 e. The van der Waals surface area contributed by atoms with Gasteiger partial charge < -0.3 is 5.32 Å². The highest BCUT2D eigenvalue weighted by Crippen LogP contribution is 2.50. The molecule has 0 unspecified atom stereocenters. The number of nitrogens with one attached hydrogen (secondary N) is 1. The molecule has 1 aliphatic carbocycles. The first-order valence-corrected chi connectivity index (χ1v) is 5.18. The maximum atomic E-state index is 13.5. The number of hydrogen-bond donors (Lipinski definition) is 1. The molecule has 1 N–H and O–H groups in total. The monoisotopic (exact) mass is 227 g/mol. The molecule has 1 saturated carbocycles. The second-order valence-electron chi connectivity index (χ2n) is 3.70. The molecule has 0 spiro atoms. The Hall–Kier alpha value is -1.09. The zero-order valence-electron chi connectivity index (χ0n) is 8.26. The van der Waals surface area contributed by atoms with E-state index in [0.29, 0.717) is 17.0 Å². The molecule has 1 aromatic carbocycles. The van der Waals surface area contributed by atoms with Gasteiger partial charge in [0.1, 0.15) is 5.82 Å². The molecule has 0 heterocycles. The van der Waals surface area contributed by atoms with E-state index in [2.05, 4.69) is 5.32 Å². The summed E-state index contributed by atoms with van der Waals surface area (Å²) in [4.78, 5) is 11.3. The molecule has 2 atom stereocenters. The molecule has 0 aliphatic heterocycles. The lowest BCUT2D eigenvalue weighted by molar-refractivity contribution is -0.121. The molecule has 1 amide bonds. The molecule has 2 rings (SSSR count). The molecule has 1 aromatic rings. The van der Waals surface area contributed by atoms with Crippen LogP contribution in [-0.4, -0.2) is 13.0 Å². The lowest BCUT2D eigenvalue weighted by atomic mass is 10.1. The number of benzene rings is 1. The van der Waals surface area contributed by atoms with Crippen molar-refractivity contribution < 1.29 is 9.18 Å². The van der Waals surface area contributed by atoms with Crippen molar-refractivity contribution in [2.24, 2.45) is 5.92 Å². The molecule has 0 radical (unpaired) electrons. The van der Waals surface area contributed by atoms with E-state index in [0.717, 1.165) is 0 Å². The number of hydrogen-bond acceptors (Lipinski definition) is 1. The van der Waals surface area contributed by atoms with E-state index in [4.69, 9.17) is 11.6 Å². The highest BCUT2D eigenvalue weighted by atomic mass is 35.5. The third-order valence-electron chi connectivity index (χ3n) is 2.74. The van der Waals surface area contributed by atoms with Crippen molar-refractivity contribution in [3.05, 3.63) is 34.6 Å². The van der Waals surface area contributed by atoms with Crippen LogP contribution in [0.2, 0.25) is 5.02 Å². The standard InChI is InChI=1S/C11H11ClFNO/c1-14-11(15)7-5-6(7)10-8(12)3-2-4-9(10)13/h2-4,6-7H,5H2,1H3,(H,14,15)/t6-,7-/m0/s1. The Kier molecular flexibility index (Phi) is 2.65. The predicted octanol–water partition coefficient (Wildman–Crippen LogP) is 2.33. The quantitative estimate of drug-likeness (QED) is 0.826. The van der Waals surface area contributed by atoms with Gasteiger partial charge in [0.15, 0.2) is 0 Å². The largest absolute Gasteiger partial charge is 0.359 e. The predicted molar refractivity (Wildman–Crippen MR) is 56.3 cm³/mol. The van der Waals surface area contributed by atoms with Crippen molar-refractivity contribution in [1.82, 2.24) is 5.32 Å². The molecular weight excluding hydrogens is 217 g/mol. The van der Waals surface area contributed by atoms with Gasteiger partial charge in [0.05, 0.1) is 0 Å². The van der Waals surface area contributed by atoms with E-state index < -0.39 is 0 Å². The zero-order chi connectivity index (χ0) is 11.0. The van der Waals surface area contributed by atoms with Crippen molar-refractivity contribution in [3.63, 3.8) is 0 Å². The van der Waals surface area contributed by atoms with Gasteiger partial charge in [0, 0.05) is 29.5 Å². The Balaban J connectivity index is 2.23. The van der Waals surface area contributed by atoms with E-state index in [1.807, 2.05) is 0 Å². The third-order valence-corrected chi connectivity index (χ3v) is 3.07. The number of amides is 1. The van der Waals surface area contributed by atoms with Crippen LogP contribution in [0.15, 0.2) is 18.2 Å². The fourth-order valence-electron chi connectivity index (χ4n) is 1.85. The molecular formula is C11H11ClFNO. The molecule has 0 saturated heterocycles. The van der Waals surface area contributed by atoms with Crippen molar-refractivity contribution in [1.29, 1.82) is 0 Å². The van der Waals surface area contributed by atoms with E-state index in [-0.39, 0.29) is 23.6 Å². The highest BCUT2D eigenvalue weighted by Gasteiger charge is 2.45. The van der Waals surface area contributed by atoms with Crippen LogP contribution in [0, 0.1) is 11.7 Å². The average Bonchev–Trinajstić information content (AvgIpc) is 2.96. The molecule has 15 heavy (non-hydrogen) atoms. The summed E-state index contributed by atoms with van der Waals surface area (Å²) in [6, 6.07) is 4.60. The molecule has 2 nitrogen and oxygen atoms in total. The average molecular weight is 228 g/mol. The molecule has 0 bridgehead atoms. The first-order valence-electron chi connectivity index (χ1n) is 4.80. The van der Waals surface area contributed by atoms with Crippen LogP contribution >= 0.6 is 11.6 Å². The highest BCUT2D eigenvalue weighted by molar-refractivity contribution is 6.31. The summed E-state index contributed by atoms with van der Waals surface area (Å²) in [5, 5.41) is 2.97. The van der Waals surface area contributed by atoms with Crippen molar-refractivity contribution >= 4 is 17.5 Å². The zero-order valence-corrected chi connectivity index (χ0v) is 9.01. The minimum absolute atomic E-state index is 0.0423. The van der Waals surface area contributed by atoms with Gasteiger partial charge >= 0.3 is 0 Å². The van der Waals surface area contributed by atoms with Crippen LogP contribution in [0.1, 0.15) is 17.9 Å². The lowest BCUT2D eigenvalue weighted by Crippen LogP contribution is -2.20. The van der Waals surface area contributed by atoms with E-state index in [1.165, 1.54) is 6.07 Å². The summed E-state index contributed by atoms with van der Waals surface area (Å²) in [5.41, 5.74) is 0.479. The number of rotatable bonds is 2. The normalized spacial score (nSPS) is 23.7. The molecule has 0 aromatic heterocycles. The SMILES string of the molecule is CNC(=O)[C@H]1C[C@@H]1c1c(F)cccc1Cl. The van der Waals surface area contributed by atoms with Gasteiger partial charge in [-0.15, -0.1) is 0 Å². The van der Waals surface area contributed by atoms with Gasteiger partial charge in [-0.2, -0.15) is 0 Å². The number of carbonyl (C=O) groups excluding carboxylic acids is 1. The fourth-order valence-corrected chi connectivity index (χ4v) is 2.16. The Morgan fingerprint density at radius 3 is 2.93 bits per heavy atom. The van der Waals surface area contributed by atoms with Gasteiger partial charge in [0.2, 0.25) is 5.91 Å². The van der Waals surface area contributed by atoms with Gasteiger partial charge in [-0.25, -0.2) is 4.39 Å². The number of carbonyl (C=O) groups is 1. The summed E-state index contributed by atoms with van der Waals surface area (Å²) in [6.07, 6.45) is 0.681. The summed E-state index contributed by atoms with van der Waals surface area (Å²) < 4.78 is 13.5. The van der Waals surface area contributed by atoms with Gasteiger partial charge in [-0.1, -0.05) is 17.7 Å². The Bertz CT molecular complexity index is 387. The van der Waals surface area contributed by atoms with Crippen molar-refractivity contribution in [3.8, 4) is 0 Å². The minimum atomic E-state index is -0.320. The molecule has 4 heteroatoms. The van der Waals surface area contributed by atoms with Gasteiger partial charge in [0.25, 0.3) is 0 Å². The van der Waals surface area contributed by atoms with Crippen LogP contribution < -0.4 is 5.32 Å². The van der Waals surface area contributed by atoms with E-state index >= 15 is 0 Å². The maximum absolute atomic E-state index is 13.5. The second kappa shape index (κ2) is 3.81. The maximum Gasteiger partial charge on any atom is 0.223 e. The molecule has 1 fully saturated rings. The Labute approximate surface area is 92.4 Å². The van der Waals surface area contributed by atoms with E-state index in [1.54, 1.807) is 19.2 Å². The smallest absolute Gasteiger partial charge is 0.223 e. The Morgan fingerprint density at radius 1 is 1.60 bits per heavy atom. The van der Waals surface area contributed by atoms with Gasteiger partial charge in [-0.3, -0.25) is 4.79 Å². The van der Waals surface area contributed by atoms with Crippen LogP contribution in [0.5, 0.6) is 0 Å². The number of halogens is 2. The van der Waals surface area contributed by atoms with Crippen LogP contribution in [-0.2, 0) is 4.79 Å². The summed E-state index contributed by atoms with van der Waals surface area (Å²) in [6.45, 7) is 0. The first kappa shape index (κ1) is 10.4. The van der Waals surface area contributed by atoms with Crippen LogP contribution in [0.3, 0.4) is 0 Å². The van der Waals surface area contributed by atoms with Crippen LogP contribution in [0.25, 0.3) is 0 Å². The van der Waals surface area contributed by atoms with Crippen molar-refractivity contribution in [2.75, 3.05) is 7.05 Å². The summed E-state index contributed by atoms with van der Waals surface area (Å²) >= 11 is 5.91. The molecule has 80 valence electrons. The lowest BCUT2D eigenvalue weighted by Gasteiger charge is -2.04. The fraction of sp³-hybridized carbons (Fsp3) is 0.364. The van der Waals surface area contributed by atoms with E-state index in [9.17, 15) is 9.18 Å². The second-order valence-corrected chi connectivity index (χ2v) is 4.11. The Morgan fingerprint density at radius 2 is 2.33 bits per heavy atom.